The van der Waals surface area contributed by atoms with Gasteiger partial charge in [-0.05, 0) is 64.7 Å². The zero-order valence-electron chi connectivity index (χ0n) is 23.4. The van der Waals surface area contributed by atoms with Crippen LogP contribution in [0.2, 0.25) is 0 Å². The van der Waals surface area contributed by atoms with E-state index in [1.54, 1.807) is 18.2 Å². The molecular formula is C34H32N4O4. The average Bonchev–Trinajstić information content (AvgIpc) is 3.29. The second kappa shape index (κ2) is 11.6. The first-order valence-corrected chi connectivity index (χ1v) is 14.1. The lowest BCUT2D eigenvalue weighted by atomic mass is 10.0. The summed E-state index contributed by atoms with van der Waals surface area (Å²) in [6.45, 7) is 1.89. The third-order valence-corrected chi connectivity index (χ3v) is 7.97. The zero-order chi connectivity index (χ0) is 29.2. The molecule has 2 aliphatic rings. The highest BCUT2D eigenvalue weighted by Crippen LogP contribution is 2.29. The minimum Gasteiger partial charge on any atom is -0.326 e. The number of imide groups is 1. The summed E-state index contributed by atoms with van der Waals surface area (Å²) in [4.78, 5) is 53.3. The van der Waals surface area contributed by atoms with E-state index in [1.807, 2.05) is 12.1 Å². The first-order chi connectivity index (χ1) is 20.3. The zero-order valence-corrected chi connectivity index (χ0v) is 23.4. The van der Waals surface area contributed by atoms with Gasteiger partial charge in [-0.25, -0.2) is 0 Å². The Morgan fingerprint density at radius 2 is 1.69 bits per heavy atom. The van der Waals surface area contributed by atoms with Gasteiger partial charge in [-0.1, -0.05) is 66.7 Å². The van der Waals surface area contributed by atoms with Crippen molar-refractivity contribution in [2.75, 3.05) is 12.4 Å². The molecule has 8 heteroatoms. The second-order valence-electron chi connectivity index (χ2n) is 11.1. The van der Waals surface area contributed by atoms with E-state index in [1.165, 1.54) is 26.8 Å². The van der Waals surface area contributed by atoms with Gasteiger partial charge in [0.15, 0.2) is 0 Å². The molecule has 4 amide bonds. The Hall–Kier alpha value is -4.82. The van der Waals surface area contributed by atoms with Crippen LogP contribution in [0, 0.1) is 0 Å². The maximum Gasteiger partial charge on any atom is 0.255 e. The van der Waals surface area contributed by atoms with Crippen LogP contribution in [0.5, 0.6) is 0 Å². The third-order valence-electron chi connectivity index (χ3n) is 7.97. The van der Waals surface area contributed by atoms with Gasteiger partial charge < -0.3 is 10.2 Å². The molecule has 0 saturated carbocycles. The van der Waals surface area contributed by atoms with Gasteiger partial charge >= 0.3 is 0 Å². The number of anilines is 1. The van der Waals surface area contributed by atoms with Crippen LogP contribution < -0.4 is 10.6 Å². The van der Waals surface area contributed by atoms with Crippen LogP contribution in [-0.4, -0.2) is 46.5 Å². The van der Waals surface area contributed by atoms with Gasteiger partial charge in [-0.2, -0.15) is 0 Å². The van der Waals surface area contributed by atoms with Crippen molar-refractivity contribution in [3.05, 3.63) is 113 Å². The Morgan fingerprint density at radius 3 is 2.50 bits per heavy atom. The lowest BCUT2D eigenvalue weighted by molar-refractivity contribution is -0.137. The topological polar surface area (TPSA) is 98.8 Å². The summed E-state index contributed by atoms with van der Waals surface area (Å²) >= 11 is 0. The molecular weight excluding hydrogens is 528 g/mol. The highest BCUT2D eigenvalue weighted by atomic mass is 16.2. The molecule has 6 rings (SSSR count). The molecule has 1 atom stereocenters. The minimum atomic E-state index is -0.665. The number of carbonyl (C=O) groups is 4. The van der Waals surface area contributed by atoms with Gasteiger partial charge in [0.25, 0.3) is 5.91 Å². The van der Waals surface area contributed by atoms with Crippen LogP contribution >= 0.6 is 0 Å². The van der Waals surface area contributed by atoms with Crippen LogP contribution in [-0.2, 0) is 40.4 Å². The SMILES string of the molecule is CN(Cc1ccc(CC(=O)Nc2ccc3c(c2)CN(C2CCC(=O)NC2=O)C3=O)cc1)Cc1cccc2ccccc12. The first kappa shape index (κ1) is 27.4. The molecule has 8 nitrogen and oxygen atoms in total. The maximum absolute atomic E-state index is 12.9. The normalized spacial score (nSPS) is 16.6. The Kier molecular flexibility index (Phi) is 7.54. The fourth-order valence-corrected chi connectivity index (χ4v) is 5.89. The molecule has 0 bridgehead atoms. The molecule has 212 valence electrons. The Balaban J connectivity index is 1.03. The van der Waals surface area contributed by atoms with Gasteiger partial charge in [0.05, 0.1) is 6.42 Å². The van der Waals surface area contributed by atoms with Crippen molar-refractivity contribution >= 4 is 40.1 Å². The summed E-state index contributed by atoms with van der Waals surface area (Å²) in [5.74, 6) is -1.14. The van der Waals surface area contributed by atoms with E-state index >= 15 is 0 Å². The van der Waals surface area contributed by atoms with Crippen molar-refractivity contribution in [3.8, 4) is 0 Å². The van der Waals surface area contributed by atoms with Crippen molar-refractivity contribution in [1.82, 2.24) is 15.1 Å². The molecule has 0 aliphatic carbocycles. The van der Waals surface area contributed by atoms with Crippen molar-refractivity contribution < 1.29 is 19.2 Å². The molecule has 4 aromatic rings. The maximum atomic E-state index is 12.9. The van der Waals surface area contributed by atoms with E-state index < -0.39 is 11.9 Å². The summed E-state index contributed by atoms with van der Waals surface area (Å²) in [5, 5.41) is 7.76. The van der Waals surface area contributed by atoms with Crippen molar-refractivity contribution in [2.24, 2.45) is 0 Å². The first-order valence-electron chi connectivity index (χ1n) is 14.1. The second-order valence-corrected chi connectivity index (χ2v) is 11.1. The third kappa shape index (κ3) is 5.80. The molecule has 0 radical (unpaired) electrons. The summed E-state index contributed by atoms with van der Waals surface area (Å²) in [5.41, 5.74) is 5.24. The van der Waals surface area contributed by atoms with Crippen LogP contribution in [0.25, 0.3) is 10.8 Å². The Labute approximate surface area is 244 Å². The number of fused-ring (bicyclic) bond motifs is 2. The number of amides is 4. The fourth-order valence-electron chi connectivity index (χ4n) is 5.89. The smallest absolute Gasteiger partial charge is 0.255 e. The highest BCUT2D eigenvalue weighted by Gasteiger charge is 2.39. The van der Waals surface area contributed by atoms with Crippen molar-refractivity contribution in [3.63, 3.8) is 0 Å². The number of hydrogen-bond acceptors (Lipinski definition) is 5. The lowest BCUT2D eigenvalue weighted by Crippen LogP contribution is -2.52. The number of piperidine rings is 1. The fraction of sp³-hybridized carbons (Fsp3) is 0.235. The van der Waals surface area contributed by atoms with Crippen molar-refractivity contribution in [1.29, 1.82) is 0 Å². The van der Waals surface area contributed by atoms with Gasteiger partial charge in [0, 0.05) is 37.3 Å². The molecule has 1 saturated heterocycles. The highest BCUT2D eigenvalue weighted by molar-refractivity contribution is 6.05. The average molecular weight is 561 g/mol. The minimum absolute atomic E-state index is 0.151. The van der Waals surface area contributed by atoms with Gasteiger partial charge in [0.1, 0.15) is 6.04 Å². The molecule has 42 heavy (non-hydrogen) atoms. The largest absolute Gasteiger partial charge is 0.326 e. The standard InChI is InChI=1S/C34H32N4O4/c1-37(20-25-7-4-6-24-5-2-3-8-28(24)25)19-23-11-9-22(10-12-23)17-32(40)35-27-13-14-29-26(18-27)21-38(34(29)42)30-15-16-31(39)36-33(30)41/h2-14,18,30H,15-17,19-21H2,1H3,(H,35,40)(H,36,39,41). The summed E-state index contributed by atoms with van der Waals surface area (Å²) < 4.78 is 0. The molecule has 1 fully saturated rings. The number of hydrogen-bond donors (Lipinski definition) is 2. The lowest BCUT2D eigenvalue weighted by Gasteiger charge is -2.29. The van der Waals surface area contributed by atoms with Crippen LogP contribution in [0.4, 0.5) is 5.69 Å². The number of nitrogens with zero attached hydrogens (tertiary/aromatic N) is 2. The summed E-state index contributed by atoms with van der Waals surface area (Å²) in [7, 11) is 2.11. The number of nitrogens with one attached hydrogen (secondary N) is 2. The molecule has 0 spiro atoms. The molecule has 2 aliphatic heterocycles. The Bertz CT molecular complexity index is 1690. The Morgan fingerprint density at radius 1 is 0.929 bits per heavy atom. The van der Waals surface area contributed by atoms with Crippen LogP contribution in [0.1, 0.15) is 45.5 Å². The molecule has 2 N–H and O–H groups in total. The number of benzene rings is 4. The summed E-state index contributed by atoms with van der Waals surface area (Å²) in [6, 6.07) is 27.4. The van der Waals surface area contributed by atoms with Gasteiger partial charge in [0.2, 0.25) is 17.7 Å². The van der Waals surface area contributed by atoms with E-state index in [0.717, 1.165) is 24.2 Å². The summed E-state index contributed by atoms with van der Waals surface area (Å²) in [6.07, 6.45) is 0.748. The van der Waals surface area contributed by atoms with Gasteiger partial charge in [-0.15, -0.1) is 0 Å². The molecule has 4 aromatic carbocycles. The monoisotopic (exact) mass is 560 g/mol. The van der Waals surface area contributed by atoms with Crippen molar-refractivity contribution in [2.45, 2.75) is 44.9 Å². The quantitative estimate of drug-likeness (QED) is 0.311. The van der Waals surface area contributed by atoms with Gasteiger partial charge in [-0.3, -0.25) is 29.4 Å². The molecule has 0 aromatic heterocycles. The van der Waals surface area contributed by atoms with E-state index in [-0.39, 0.29) is 37.1 Å². The number of carbonyl (C=O) groups excluding carboxylic acids is 4. The van der Waals surface area contributed by atoms with E-state index in [9.17, 15) is 19.2 Å². The number of rotatable bonds is 8. The molecule has 2 heterocycles. The predicted molar refractivity (Wildman–Crippen MR) is 160 cm³/mol. The van der Waals surface area contributed by atoms with E-state index in [4.69, 9.17) is 0 Å². The molecule has 1 unspecified atom stereocenters. The van der Waals surface area contributed by atoms with Crippen LogP contribution in [0.15, 0.2) is 84.9 Å². The van der Waals surface area contributed by atoms with E-state index in [2.05, 4.69) is 77.2 Å². The van der Waals surface area contributed by atoms with E-state index in [0.29, 0.717) is 17.7 Å². The predicted octanol–water partition coefficient (Wildman–Crippen LogP) is 4.41. The van der Waals surface area contributed by atoms with Crippen LogP contribution in [0.3, 0.4) is 0 Å².